The number of nitrogens with zero attached hydrogens (tertiary/aromatic N) is 2. The third-order valence-electron chi connectivity index (χ3n) is 5.71. The zero-order valence-electron chi connectivity index (χ0n) is 17.5. The summed E-state index contributed by atoms with van der Waals surface area (Å²) in [6, 6.07) is 10.3. The van der Waals surface area contributed by atoms with E-state index in [1.54, 1.807) is 6.92 Å². The maximum atomic E-state index is 13.4. The maximum Gasteiger partial charge on any atom is 0.329 e. The zero-order chi connectivity index (χ0) is 22.3. The molecule has 31 heavy (non-hydrogen) atoms. The van der Waals surface area contributed by atoms with Crippen LogP contribution in [0.25, 0.3) is 5.57 Å². The van der Waals surface area contributed by atoms with Crippen LogP contribution in [0.3, 0.4) is 0 Å². The highest BCUT2D eigenvalue weighted by molar-refractivity contribution is 9.10. The molecule has 1 amide bonds. The first kappa shape index (κ1) is 21.4. The van der Waals surface area contributed by atoms with Crippen LogP contribution in [0.5, 0.6) is 0 Å². The summed E-state index contributed by atoms with van der Waals surface area (Å²) in [6.45, 7) is 5.98. The molecule has 0 N–H and O–H groups in total. The highest BCUT2D eigenvalue weighted by Crippen LogP contribution is 2.42. The molecule has 0 bridgehead atoms. The molecule has 0 radical (unpaired) electrons. The monoisotopic (exact) mass is 484 g/mol. The average molecular weight is 485 g/mol. The van der Waals surface area contributed by atoms with E-state index in [9.17, 15) is 14.0 Å². The predicted octanol–water partition coefficient (Wildman–Crippen LogP) is 3.37. The van der Waals surface area contributed by atoms with E-state index in [2.05, 4.69) is 15.9 Å². The van der Waals surface area contributed by atoms with Crippen molar-refractivity contribution in [1.82, 2.24) is 4.90 Å². The van der Waals surface area contributed by atoms with Gasteiger partial charge in [0.05, 0.1) is 17.7 Å². The topological polar surface area (TPSA) is 59.0 Å². The Labute approximate surface area is 188 Å². The second-order valence-corrected chi connectivity index (χ2v) is 8.99. The molecule has 5 nitrogen and oxygen atoms in total. The molecule has 0 saturated carbocycles. The van der Waals surface area contributed by atoms with Gasteiger partial charge in [0.2, 0.25) is 0 Å². The molecule has 0 aromatic heterocycles. The Morgan fingerprint density at radius 1 is 1.23 bits per heavy atom. The van der Waals surface area contributed by atoms with Crippen LogP contribution >= 0.6 is 15.9 Å². The first-order valence-corrected chi connectivity index (χ1v) is 10.9. The molecule has 0 aliphatic carbocycles. The van der Waals surface area contributed by atoms with Crippen LogP contribution in [-0.4, -0.2) is 36.0 Å². The molecular weight excluding hydrogens is 463 g/mol. The summed E-state index contributed by atoms with van der Waals surface area (Å²) in [5, 5.41) is 1.76. The van der Waals surface area contributed by atoms with Crippen molar-refractivity contribution in [3.05, 3.63) is 80.7 Å². The number of benzene rings is 2. The SMILES string of the molecule is CCOC(=O)C1N(C(=O)c2ccc(F)cc2)CC=C2N=c3cc(Br)ccc3=C2C1(C)C. The molecule has 1 unspecified atom stereocenters. The largest absolute Gasteiger partial charge is 0.464 e. The van der Waals surface area contributed by atoms with E-state index >= 15 is 0 Å². The third-order valence-corrected chi connectivity index (χ3v) is 6.20. The number of carbonyl (C=O) groups is 2. The summed E-state index contributed by atoms with van der Waals surface area (Å²) < 4.78 is 19.7. The fraction of sp³-hybridized carbons (Fsp3) is 0.292. The number of hydrogen-bond acceptors (Lipinski definition) is 4. The lowest BCUT2D eigenvalue weighted by molar-refractivity contribution is -0.151. The third kappa shape index (κ3) is 3.71. The normalized spacial score (nSPS) is 19.0. The van der Waals surface area contributed by atoms with Gasteiger partial charge in [0, 0.05) is 27.2 Å². The summed E-state index contributed by atoms with van der Waals surface area (Å²) in [5.41, 5.74) is 1.18. The minimum atomic E-state index is -0.876. The van der Waals surface area contributed by atoms with Crippen molar-refractivity contribution in [2.45, 2.75) is 26.8 Å². The number of fused-ring (bicyclic) bond motifs is 2. The Morgan fingerprint density at radius 3 is 2.61 bits per heavy atom. The molecule has 2 aromatic carbocycles. The molecule has 2 aliphatic rings. The van der Waals surface area contributed by atoms with E-state index in [1.807, 2.05) is 38.1 Å². The van der Waals surface area contributed by atoms with Gasteiger partial charge in [-0.15, -0.1) is 0 Å². The van der Waals surface area contributed by atoms with Gasteiger partial charge in [0.15, 0.2) is 0 Å². The molecule has 7 heteroatoms. The molecule has 160 valence electrons. The lowest BCUT2D eigenvalue weighted by atomic mass is 9.75. The molecular formula is C24H22BrFN2O3. The minimum Gasteiger partial charge on any atom is -0.464 e. The van der Waals surface area contributed by atoms with Crippen LogP contribution in [0.2, 0.25) is 0 Å². The van der Waals surface area contributed by atoms with E-state index in [-0.39, 0.29) is 19.1 Å². The number of hydrogen-bond donors (Lipinski definition) is 0. The van der Waals surface area contributed by atoms with Gasteiger partial charge >= 0.3 is 5.97 Å². The second-order valence-electron chi connectivity index (χ2n) is 8.08. The van der Waals surface area contributed by atoms with Crippen molar-refractivity contribution in [3.63, 3.8) is 0 Å². The number of rotatable bonds is 3. The van der Waals surface area contributed by atoms with Gasteiger partial charge in [-0.1, -0.05) is 35.8 Å². The van der Waals surface area contributed by atoms with Crippen LogP contribution in [0.1, 0.15) is 31.1 Å². The fourth-order valence-electron chi connectivity index (χ4n) is 4.38. The predicted molar refractivity (Wildman–Crippen MR) is 118 cm³/mol. The van der Waals surface area contributed by atoms with Crippen LogP contribution in [0.15, 0.2) is 63.7 Å². The fourth-order valence-corrected chi connectivity index (χ4v) is 4.72. The Bertz CT molecular complexity index is 1220. The van der Waals surface area contributed by atoms with Crippen LogP contribution in [0.4, 0.5) is 4.39 Å². The first-order valence-electron chi connectivity index (χ1n) is 10.1. The van der Waals surface area contributed by atoms with E-state index in [0.29, 0.717) is 5.56 Å². The molecule has 1 atom stereocenters. The molecule has 2 heterocycles. The zero-order valence-corrected chi connectivity index (χ0v) is 19.1. The van der Waals surface area contributed by atoms with E-state index in [4.69, 9.17) is 9.73 Å². The van der Waals surface area contributed by atoms with Gasteiger partial charge < -0.3 is 9.64 Å². The van der Waals surface area contributed by atoms with Crippen molar-refractivity contribution in [2.24, 2.45) is 10.4 Å². The number of ether oxygens (including phenoxy) is 1. The number of carbonyl (C=O) groups excluding carboxylic acids is 2. The van der Waals surface area contributed by atoms with Crippen molar-refractivity contribution in [1.29, 1.82) is 0 Å². The van der Waals surface area contributed by atoms with Gasteiger partial charge in [0.1, 0.15) is 11.9 Å². The average Bonchev–Trinajstić information content (AvgIpc) is 3.03. The molecule has 2 aliphatic heterocycles. The van der Waals surface area contributed by atoms with Crippen molar-refractivity contribution >= 4 is 33.4 Å². The number of halogens is 2. The number of esters is 1. The molecule has 2 aromatic rings. The van der Waals surface area contributed by atoms with Gasteiger partial charge in [-0.25, -0.2) is 14.2 Å². The summed E-state index contributed by atoms with van der Waals surface area (Å²) in [5.74, 6) is -1.27. The van der Waals surface area contributed by atoms with E-state index < -0.39 is 23.2 Å². The van der Waals surface area contributed by atoms with Gasteiger partial charge in [-0.3, -0.25) is 4.79 Å². The standard InChI is InChI=1S/C24H22BrFN2O3/c1-4-31-23(30)21-24(2,3)20-17-10-7-15(25)13-19(17)27-18(20)11-12-28(21)22(29)14-5-8-16(26)9-6-14/h5-11,13,21H,4,12H2,1-3H3. The molecule has 4 rings (SSSR count). The van der Waals surface area contributed by atoms with Crippen LogP contribution in [-0.2, 0) is 9.53 Å². The van der Waals surface area contributed by atoms with Crippen molar-refractivity contribution in [2.75, 3.05) is 13.2 Å². The Hall–Kier alpha value is -2.80. The Morgan fingerprint density at radius 2 is 1.94 bits per heavy atom. The maximum absolute atomic E-state index is 13.4. The highest BCUT2D eigenvalue weighted by Gasteiger charge is 2.48. The Kier molecular flexibility index (Phi) is 5.56. The van der Waals surface area contributed by atoms with E-state index in [0.717, 1.165) is 26.3 Å². The van der Waals surface area contributed by atoms with Crippen LogP contribution in [0, 0.1) is 11.2 Å². The van der Waals surface area contributed by atoms with Gasteiger partial charge in [-0.2, -0.15) is 0 Å². The summed E-state index contributed by atoms with van der Waals surface area (Å²) in [4.78, 5) is 32.8. The quantitative estimate of drug-likeness (QED) is 0.627. The highest BCUT2D eigenvalue weighted by atomic mass is 79.9. The molecule has 0 fully saturated rings. The molecule has 0 spiro atoms. The van der Waals surface area contributed by atoms with Gasteiger partial charge in [0.25, 0.3) is 5.91 Å². The summed E-state index contributed by atoms with van der Waals surface area (Å²) in [7, 11) is 0. The summed E-state index contributed by atoms with van der Waals surface area (Å²) in [6.07, 6.45) is 1.87. The number of allylic oxidation sites excluding steroid dienone is 1. The smallest absolute Gasteiger partial charge is 0.329 e. The minimum absolute atomic E-state index is 0.181. The van der Waals surface area contributed by atoms with Crippen LogP contribution < -0.4 is 10.6 Å². The first-order chi connectivity index (χ1) is 14.7. The van der Waals surface area contributed by atoms with Gasteiger partial charge in [-0.05, 0) is 55.0 Å². The lowest BCUT2D eigenvalue weighted by Crippen LogP contribution is -2.54. The van der Waals surface area contributed by atoms with E-state index in [1.165, 1.54) is 29.2 Å². The summed E-state index contributed by atoms with van der Waals surface area (Å²) >= 11 is 3.48. The van der Waals surface area contributed by atoms with Crippen molar-refractivity contribution < 1.29 is 18.7 Å². The Balaban J connectivity index is 1.89. The number of amides is 1. The lowest BCUT2D eigenvalue weighted by Gasteiger charge is -2.39. The van der Waals surface area contributed by atoms with Crippen molar-refractivity contribution in [3.8, 4) is 0 Å². The molecule has 0 saturated heterocycles. The second kappa shape index (κ2) is 8.04.